The van der Waals surface area contributed by atoms with Gasteiger partial charge in [-0.05, 0) is 46.5 Å². The van der Waals surface area contributed by atoms with Gasteiger partial charge in [-0.3, -0.25) is 0 Å². The third-order valence-electron chi connectivity index (χ3n) is 3.13. The number of nitriles is 1. The number of nitrogens with zero attached hydrogens (tertiary/aromatic N) is 2. The molecule has 0 aromatic heterocycles. The molecule has 1 saturated heterocycles. The van der Waals surface area contributed by atoms with E-state index in [-0.39, 0.29) is 18.1 Å². The minimum Gasteiger partial charge on any atom is -0.444 e. The van der Waals surface area contributed by atoms with Crippen molar-refractivity contribution in [3.8, 4) is 6.07 Å². The summed E-state index contributed by atoms with van der Waals surface area (Å²) in [7, 11) is 0. The fourth-order valence-corrected chi connectivity index (χ4v) is 2.19. The van der Waals surface area contributed by atoms with Gasteiger partial charge in [-0.1, -0.05) is 0 Å². The van der Waals surface area contributed by atoms with E-state index in [0.29, 0.717) is 6.42 Å². The van der Waals surface area contributed by atoms with Crippen LogP contribution in [0.4, 0.5) is 4.79 Å². The van der Waals surface area contributed by atoms with Crippen LogP contribution in [0.5, 0.6) is 0 Å². The zero-order valence-electron chi connectivity index (χ0n) is 11.2. The lowest BCUT2D eigenvalue weighted by molar-refractivity contribution is 0.00346. The maximum atomic E-state index is 12.0. The Hall–Kier alpha value is -1.24. The second kappa shape index (κ2) is 5.39. The number of hydrogen-bond acceptors (Lipinski definition) is 3. The quantitative estimate of drug-likeness (QED) is 0.705. The lowest BCUT2D eigenvalue weighted by Crippen LogP contribution is -2.48. The summed E-state index contributed by atoms with van der Waals surface area (Å²) in [6, 6.07) is 2.29. The van der Waals surface area contributed by atoms with Crippen molar-refractivity contribution in [3.05, 3.63) is 0 Å². The molecule has 1 aliphatic rings. The predicted molar refractivity (Wildman–Crippen MR) is 65.4 cm³/mol. The molecule has 0 N–H and O–H groups in total. The van der Waals surface area contributed by atoms with Crippen LogP contribution in [0.2, 0.25) is 0 Å². The number of amides is 1. The summed E-state index contributed by atoms with van der Waals surface area (Å²) >= 11 is 0. The highest BCUT2D eigenvalue weighted by atomic mass is 16.6. The maximum absolute atomic E-state index is 12.0. The van der Waals surface area contributed by atoms with Gasteiger partial charge in [0.05, 0.1) is 6.07 Å². The van der Waals surface area contributed by atoms with Crippen molar-refractivity contribution in [1.82, 2.24) is 4.90 Å². The van der Waals surface area contributed by atoms with Gasteiger partial charge in [-0.15, -0.1) is 0 Å². The van der Waals surface area contributed by atoms with Gasteiger partial charge in [-0.25, -0.2) is 4.79 Å². The largest absolute Gasteiger partial charge is 0.444 e. The van der Waals surface area contributed by atoms with Crippen LogP contribution in [0.3, 0.4) is 0 Å². The van der Waals surface area contributed by atoms with E-state index in [4.69, 9.17) is 10.00 Å². The van der Waals surface area contributed by atoms with E-state index in [0.717, 1.165) is 19.4 Å². The standard InChI is InChI=1S/C13H22N2O2/c1-10-11(7-8-14)6-5-9-15(10)12(16)17-13(2,3)4/h10-11H,5-7,9H2,1-4H3. The molecular formula is C13H22N2O2. The number of likely N-dealkylation sites (tertiary alicyclic amines) is 1. The summed E-state index contributed by atoms with van der Waals surface area (Å²) in [5, 5.41) is 8.76. The molecule has 2 atom stereocenters. The molecular weight excluding hydrogens is 216 g/mol. The molecule has 17 heavy (non-hydrogen) atoms. The van der Waals surface area contributed by atoms with E-state index in [1.807, 2.05) is 27.7 Å². The molecule has 1 rings (SSSR count). The van der Waals surface area contributed by atoms with Crippen LogP contribution < -0.4 is 0 Å². The van der Waals surface area contributed by atoms with E-state index < -0.39 is 5.60 Å². The number of carbonyl (C=O) groups is 1. The van der Waals surface area contributed by atoms with Gasteiger partial charge in [0.2, 0.25) is 0 Å². The number of rotatable bonds is 1. The van der Waals surface area contributed by atoms with Crippen LogP contribution in [0, 0.1) is 17.2 Å². The van der Waals surface area contributed by atoms with Crippen molar-refractivity contribution >= 4 is 6.09 Å². The van der Waals surface area contributed by atoms with Gasteiger partial charge >= 0.3 is 6.09 Å². The predicted octanol–water partition coefficient (Wildman–Crippen LogP) is 2.94. The van der Waals surface area contributed by atoms with Crippen molar-refractivity contribution in [2.75, 3.05) is 6.54 Å². The molecule has 0 aromatic carbocycles. The summed E-state index contributed by atoms with van der Waals surface area (Å²) < 4.78 is 5.38. The average Bonchev–Trinajstić information content (AvgIpc) is 2.18. The Balaban J connectivity index is 2.64. The molecule has 2 unspecified atom stereocenters. The van der Waals surface area contributed by atoms with E-state index >= 15 is 0 Å². The van der Waals surface area contributed by atoms with Gasteiger partial charge in [0, 0.05) is 19.0 Å². The SMILES string of the molecule is CC1C(CC#N)CCCN1C(=O)OC(C)(C)C. The topological polar surface area (TPSA) is 53.3 Å². The van der Waals surface area contributed by atoms with E-state index in [1.54, 1.807) is 4.90 Å². The van der Waals surface area contributed by atoms with Crippen LogP contribution in [0.25, 0.3) is 0 Å². The summed E-state index contributed by atoms with van der Waals surface area (Å²) in [6.45, 7) is 8.34. The fraction of sp³-hybridized carbons (Fsp3) is 0.846. The Labute approximate surface area is 104 Å². The highest BCUT2D eigenvalue weighted by Gasteiger charge is 2.33. The number of hydrogen-bond donors (Lipinski definition) is 0. The summed E-state index contributed by atoms with van der Waals surface area (Å²) in [6.07, 6.45) is 2.23. The Morgan fingerprint density at radius 3 is 2.71 bits per heavy atom. The number of piperidine rings is 1. The normalized spacial score (nSPS) is 25.2. The lowest BCUT2D eigenvalue weighted by atomic mass is 9.88. The Morgan fingerprint density at radius 2 is 2.18 bits per heavy atom. The fourth-order valence-electron chi connectivity index (χ4n) is 2.19. The van der Waals surface area contributed by atoms with Crippen LogP contribution in [0.1, 0.15) is 47.0 Å². The third kappa shape index (κ3) is 3.92. The Morgan fingerprint density at radius 1 is 1.53 bits per heavy atom. The molecule has 1 aliphatic heterocycles. The highest BCUT2D eigenvalue weighted by molar-refractivity contribution is 5.68. The molecule has 1 heterocycles. The highest BCUT2D eigenvalue weighted by Crippen LogP contribution is 2.27. The van der Waals surface area contributed by atoms with Gasteiger partial charge < -0.3 is 9.64 Å². The Kier molecular flexibility index (Phi) is 4.39. The Bertz CT molecular complexity index is 314. The zero-order valence-corrected chi connectivity index (χ0v) is 11.2. The van der Waals surface area contributed by atoms with Gasteiger partial charge in [0.1, 0.15) is 5.60 Å². The first-order valence-electron chi connectivity index (χ1n) is 6.21. The molecule has 0 spiro atoms. The van der Waals surface area contributed by atoms with Crippen molar-refractivity contribution in [1.29, 1.82) is 5.26 Å². The smallest absolute Gasteiger partial charge is 0.410 e. The zero-order chi connectivity index (χ0) is 13.1. The van der Waals surface area contributed by atoms with Crippen molar-refractivity contribution in [2.45, 2.75) is 58.6 Å². The summed E-state index contributed by atoms with van der Waals surface area (Å²) in [5.41, 5.74) is -0.459. The first kappa shape index (κ1) is 13.8. The van der Waals surface area contributed by atoms with Gasteiger partial charge in [0.15, 0.2) is 0 Å². The second-order valence-electron chi connectivity index (χ2n) is 5.68. The maximum Gasteiger partial charge on any atom is 0.410 e. The molecule has 1 fully saturated rings. The first-order valence-corrected chi connectivity index (χ1v) is 6.21. The molecule has 0 bridgehead atoms. The monoisotopic (exact) mass is 238 g/mol. The molecule has 0 radical (unpaired) electrons. The van der Waals surface area contributed by atoms with Crippen molar-refractivity contribution in [2.24, 2.45) is 5.92 Å². The van der Waals surface area contributed by atoms with Crippen LogP contribution in [0.15, 0.2) is 0 Å². The minimum atomic E-state index is -0.459. The average molecular weight is 238 g/mol. The first-order chi connectivity index (χ1) is 7.85. The van der Waals surface area contributed by atoms with Crippen LogP contribution >= 0.6 is 0 Å². The molecule has 4 nitrogen and oxygen atoms in total. The summed E-state index contributed by atoms with van der Waals surface area (Å²) in [5.74, 6) is 0.279. The van der Waals surface area contributed by atoms with Crippen molar-refractivity contribution < 1.29 is 9.53 Å². The van der Waals surface area contributed by atoms with Gasteiger partial charge in [-0.2, -0.15) is 5.26 Å². The molecule has 0 saturated carbocycles. The van der Waals surface area contributed by atoms with Crippen LogP contribution in [-0.4, -0.2) is 29.2 Å². The number of ether oxygens (including phenoxy) is 1. The molecule has 0 aromatic rings. The van der Waals surface area contributed by atoms with Crippen molar-refractivity contribution in [3.63, 3.8) is 0 Å². The van der Waals surface area contributed by atoms with E-state index in [2.05, 4.69) is 6.07 Å². The molecule has 4 heteroatoms. The summed E-state index contributed by atoms with van der Waals surface area (Å²) in [4.78, 5) is 13.8. The van der Waals surface area contributed by atoms with E-state index in [1.165, 1.54) is 0 Å². The third-order valence-corrected chi connectivity index (χ3v) is 3.13. The van der Waals surface area contributed by atoms with Crippen LogP contribution in [-0.2, 0) is 4.74 Å². The number of carbonyl (C=O) groups excluding carboxylic acids is 1. The minimum absolute atomic E-state index is 0.0956. The second-order valence-corrected chi connectivity index (χ2v) is 5.68. The molecule has 1 amide bonds. The van der Waals surface area contributed by atoms with E-state index in [9.17, 15) is 4.79 Å². The lowest BCUT2D eigenvalue weighted by Gasteiger charge is -2.39. The molecule has 96 valence electrons. The van der Waals surface area contributed by atoms with Gasteiger partial charge in [0.25, 0.3) is 0 Å². The molecule has 0 aliphatic carbocycles.